The molecule has 34 heavy (non-hydrogen) atoms. The van der Waals surface area contributed by atoms with Gasteiger partial charge in [-0.15, -0.1) is 0 Å². The molecule has 1 atom stereocenters. The second-order valence-electron chi connectivity index (χ2n) is 8.22. The van der Waals surface area contributed by atoms with Crippen LogP contribution in [0.1, 0.15) is 34.2 Å². The summed E-state index contributed by atoms with van der Waals surface area (Å²) in [5.74, 6) is -0.202. The lowest BCUT2D eigenvalue weighted by atomic mass is 9.85. The molecule has 6 heteroatoms. The number of benzene rings is 3. The minimum atomic E-state index is -1.37. The highest BCUT2D eigenvalue weighted by Crippen LogP contribution is 2.44. The number of ether oxygens (including phenoxy) is 1. The molecule has 0 saturated carbocycles. The Balaban J connectivity index is 1.62. The van der Waals surface area contributed by atoms with E-state index < -0.39 is 11.5 Å². The summed E-state index contributed by atoms with van der Waals surface area (Å²) in [6.45, 7) is 2.21. The van der Waals surface area contributed by atoms with Crippen LogP contribution in [0.4, 0.5) is 0 Å². The van der Waals surface area contributed by atoms with Gasteiger partial charge in [-0.3, -0.25) is 4.79 Å². The van der Waals surface area contributed by atoms with Gasteiger partial charge in [-0.1, -0.05) is 84.0 Å². The smallest absolute Gasteiger partial charge is 0.337 e. The van der Waals surface area contributed by atoms with Crippen LogP contribution >= 0.6 is 0 Å². The maximum Gasteiger partial charge on any atom is 0.337 e. The van der Waals surface area contributed by atoms with Crippen LogP contribution in [0, 0.1) is 0 Å². The maximum atomic E-state index is 13.7. The molecule has 2 heterocycles. The zero-order chi connectivity index (χ0) is 23.5. The summed E-state index contributed by atoms with van der Waals surface area (Å²) in [6, 6.07) is 28.3. The number of esters is 1. The minimum Gasteiger partial charge on any atom is -0.464 e. The number of amides is 1. The van der Waals surface area contributed by atoms with Crippen molar-refractivity contribution in [1.29, 1.82) is 0 Å². The van der Waals surface area contributed by atoms with Crippen molar-refractivity contribution in [2.45, 2.75) is 25.4 Å². The van der Waals surface area contributed by atoms with Crippen LogP contribution < -0.4 is 0 Å². The molecule has 170 valence electrons. The summed E-state index contributed by atoms with van der Waals surface area (Å²) < 4.78 is 11.3. The van der Waals surface area contributed by atoms with Gasteiger partial charge in [0.2, 0.25) is 0 Å². The second kappa shape index (κ2) is 8.98. The van der Waals surface area contributed by atoms with E-state index in [1.54, 1.807) is 24.0 Å². The molecule has 5 rings (SSSR count). The Morgan fingerprint density at radius 3 is 2.38 bits per heavy atom. The average molecular weight is 453 g/mol. The Morgan fingerprint density at radius 2 is 1.65 bits per heavy atom. The van der Waals surface area contributed by atoms with Gasteiger partial charge in [0, 0.05) is 35.7 Å². The molecule has 0 N–H and O–H groups in total. The number of carbonyl (C=O) groups is 2. The number of nitrogens with zero attached hydrogens (tertiary/aromatic N) is 2. The number of aromatic nitrogens is 1. The van der Waals surface area contributed by atoms with Crippen LogP contribution in [0.2, 0.25) is 0 Å². The van der Waals surface area contributed by atoms with Crippen LogP contribution in [-0.2, 0) is 28.0 Å². The van der Waals surface area contributed by atoms with Gasteiger partial charge in [-0.2, -0.15) is 0 Å². The average Bonchev–Trinajstić information content (AvgIpc) is 3.43. The molecule has 1 aliphatic heterocycles. The number of carbonyl (C=O) groups excluding carboxylic acids is 2. The van der Waals surface area contributed by atoms with Crippen molar-refractivity contribution >= 4 is 11.9 Å². The first-order chi connectivity index (χ1) is 16.6. The molecule has 0 radical (unpaired) electrons. The van der Waals surface area contributed by atoms with E-state index in [-0.39, 0.29) is 25.5 Å². The molecule has 1 aliphatic rings. The predicted molar refractivity (Wildman–Crippen MR) is 127 cm³/mol. The monoisotopic (exact) mass is 452 g/mol. The SMILES string of the molecule is CCOC(=O)C1(Cc2cc(-c3ccccc3)no2)c2ccccc2C(=O)N1Cc1ccccc1. The maximum absolute atomic E-state index is 13.7. The molecular weight excluding hydrogens is 428 g/mol. The highest BCUT2D eigenvalue weighted by Gasteiger charge is 2.56. The first kappa shape index (κ1) is 21.6. The van der Waals surface area contributed by atoms with Gasteiger partial charge in [0.25, 0.3) is 5.91 Å². The van der Waals surface area contributed by atoms with Crippen molar-refractivity contribution in [2.24, 2.45) is 0 Å². The first-order valence-corrected chi connectivity index (χ1v) is 11.3. The van der Waals surface area contributed by atoms with Crippen LogP contribution in [-0.4, -0.2) is 28.5 Å². The highest BCUT2D eigenvalue weighted by molar-refractivity contribution is 6.06. The standard InChI is InChI=1S/C28H24N2O4/c1-2-33-27(32)28(18-22-17-25(29-34-22)21-13-7-4-8-14-21)24-16-10-9-15-23(24)26(31)30(28)19-20-11-5-3-6-12-20/h3-17H,2,18-19H2,1H3. The fraction of sp³-hybridized carbons (Fsp3) is 0.179. The molecule has 6 nitrogen and oxygen atoms in total. The summed E-state index contributed by atoms with van der Waals surface area (Å²) in [7, 11) is 0. The Morgan fingerprint density at radius 1 is 0.971 bits per heavy atom. The summed E-state index contributed by atoms with van der Waals surface area (Å²) in [4.78, 5) is 28.9. The normalized spacial score (nSPS) is 17.0. The molecule has 0 bridgehead atoms. The van der Waals surface area contributed by atoms with Gasteiger partial charge in [0.1, 0.15) is 11.5 Å². The van der Waals surface area contributed by atoms with Gasteiger partial charge >= 0.3 is 5.97 Å². The summed E-state index contributed by atoms with van der Waals surface area (Å²) in [5.41, 5.74) is 2.24. The third kappa shape index (κ3) is 3.67. The highest BCUT2D eigenvalue weighted by atomic mass is 16.5. The molecule has 1 aromatic heterocycles. The lowest BCUT2D eigenvalue weighted by Crippen LogP contribution is -2.51. The van der Waals surface area contributed by atoms with E-state index >= 15 is 0 Å². The topological polar surface area (TPSA) is 72.6 Å². The van der Waals surface area contributed by atoms with Gasteiger partial charge in [-0.25, -0.2) is 4.79 Å². The molecule has 1 unspecified atom stereocenters. The molecule has 0 fully saturated rings. The van der Waals surface area contributed by atoms with E-state index in [0.29, 0.717) is 22.6 Å². The van der Waals surface area contributed by atoms with Gasteiger partial charge in [0.15, 0.2) is 5.54 Å². The molecule has 0 aliphatic carbocycles. The number of hydrogen-bond donors (Lipinski definition) is 0. The molecule has 3 aromatic carbocycles. The van der Waals surface area contributed by atoms with Crippen molar-refractivity contribution < 1.29 is 18.8 Å². The minimum absolute atomic E-state index is 0.112. The molecular formula is C28H24N2O4. The second-order valence-corrected chi connectivity index (χ2v) is 8.22. The quantitative estimate of drug-likeness (QED) is 0.369. The van der Waals surface area contributed by atoms with Crippen LogP contribution in [0.15, 0.2) is 95.5 Å². The Bertz CT molecular complexity index is 1320. The summed E-state index contributed by atoms with van der Waals surface area (Å²) in [6.07, 6.45) is 0.112. The van der Waals surface area contributed by atoms with Crippen molar-refractivity contribution in [3.8, 4) is 11.3 Å². The van der Waals surface area contributed by atoms with Crippen molar-refractivity contribution in [3.05, 3.63) is 113 Å². The summed E-state index contributed by atoms with van der Waals surface area (Å²) >= 11 is 0. The third-order valence-corrected chi connectivity index (χ3v) is 6.16. The molecule has 4 aromatic rings. The number of hydrogen-bond acceptors (Lipinski definition) is 5. The van der Waals surface area contributed by atoms with E-state index in [1.807, 2.05) is 78.9 Å². The predicted octanol–water partition coefficient (Wildman–Crippen LogP) is 5.00. The summed E-state index contributed by atoms with van der Waals surface area (Å²) in [5, 5.41) is 4.22. The lowest BCUT2D eigenvalue weighted by molar-refractivity contribution is -0.157. The zero-order valence-corrected chi connectivity index (χ0v) is 18.8. The van der Waals surface area contributed by atoms with Crippen LogP contribution in [0.3, 0.4) is 0 Å². The zero-order valence-electron chi connectivity index (χ0n) is 18.8. The number of rotatable bonds is 7. The lowest BCUT2D eigenvalue weighted by Gasteiger charge is -2.36. The first-order valence-electron chi connectivity index (χ1n) is 11.3. The number of fused-ring (bicyclic) bond motifs is 1. The fourth-order valence-electron chi connectivity index (χ4n) is 4.59. The Hall–Kier alpha value is -4.19. The molecule has 0 saturated heterocycles. The fourth-order valence-corrected chi connectivity index (χ4v) is 4.59. The largest absolute Gasteiger partial charge is 0.464 e. The van der Waals surface area contributed by atoms with E-state index in [4.69, 9.17) is 9.26 Å². The Labute approximate surface area is 197 Å². The van der Waals surface area contributed by atoms with Crippen molar-refractivity contribution in [2.75, 3.05) is 6.61 Å². The third-order valence-electron chi connectivity index (χ3n) is 6.16. The van der Waals surface area contributed by atoms with E-state index in [2.05, 4.69) is 5.16 Å². The Kier molecular flexibility index (Phi) is 5.72. The van der Waals surface area contributed by atoms with Gasteiger partial charge in [0.05, 0.1) is 6.61 Å². The molecule has 1 amide bonds. The van der Waals surface area contributed by atoms with Gasteiger partial charge < -0.3 is 14.2 Å². The van der Waals surface area contributed by atoms with Gasteiger partial charge in [-0.05, 0) is 18.6 Å². The molecule has 0 spiro atoms. The van der Waals surface area contributed by atoms with Crippen LogP contribution in [0.25, 0.3) is 11.3 Å². The van der Waals surface area contributed by atoms with E-state index in [1.165, 1.54) is 0 Å². The van der Waals surface area contributed by atoms with E-state index in [9.17, 15) is 9.59 Å². The van der Waals surface area contributed by atoms with Crippen molar-refractivity contribution in [3.63, 3.8) is 0 Å². The van der Waals surface area contributed by atoms with E-state index in [0.717, 1.165) is 11.1 Å². The van der Waals surface area contributed by atoms with Crippen LogP contribution in [0.5, 0.6) is 0 Å². The van der Waals surface area contributed by atoms with Crippen molar-refractivity contribution in [1.82, 2.24) is 10.1 Å².